The SMILES string of the molecule is N#Cc1csc(CN2CCCC2c2nc(C(N)=O)no2)c1. The van der Waals surface area contributed by atoms with Gasteiger partial charge in [0.1, 0.15) is 6.07 Å². The molecular formula is C13H13N5O2S. The van der Waals surface area contributed by atoms with Gasteiger partial charge in [0.2, 0.25) is 5.89 Å². The lowest BCUT2D eigenvalue weighted by Crippen LogP contribution is -2.22. The Bertz CT molecular complexity index is 701. The predicted molar refractivity (Wildman–Crippen MR) is 74.2 cm³/mol. The highest BCUT2D eigenvalue weighted by molar-refractivity contribution is 7.10. The zero-order valence-corrected chi connectivity index (χ0v) is 12.0. The lowest BCUT2D eigenvalue weighted by molar-refractivity contribution is 0.0987. The highest BCUT2D eigenvalue weighted by atomic mass is 32.1. The minimum Gasteiger partial charge on any atom is -0.363 e. The minimum atomic E-state index is -0.688. The first-order valence-corrected chi connectivity index (χ1v) is 7.40. The van der Waals surface area contributed by atoms with Crippen molar-refractivity contribution in [3.05, 3.63) is 33.6 Å². The molecule has 1 fully saturated rings. The fourth-order valence-electron chi connectivity index (χ4n) is 2.49. The molecule has 2 aromatic heterocycles. The first-order valence-electron chi connectivity index (χ1n) is 6.52. The Morgan fingerprint density at radius 1 is 1.67 bits per heavy atom. The summed E-state index contributed by atoms with van der Waals surface area (Å²) in [5, 5.41) is 14.3. The molecule has 0 bridgehead atoms. The van der Waals surface area contributed by atoms with Crippen molar-refractivity contribution in [2.24, 2.45) is 5.73 Å². The van der Waals surface area contributed by atoms with E-state index in [-0.39, 0.29) is 11.9 Å². The number of nitrogens with zero attached hydrogens (tertiary/aromatic N) is 4. The van der Waals surface area contributed by atoms with E-state index in [0.29, 0.717) is 11.5 Å². The quantitative estimate of drug-likeness (QED) is 0.915. The molecule has 1 amide bonds. The molecule has 108 valence electrons. The second-order valence-corrected chi connectivity index (χ2v) is 5.86. The van der Waals surface area contributed by atoms with Crippen LogP contribution < -0.4 is 5.73 Å². The Hall–Kier alpha value is -2.24. The Morgan fingerprint density at radius 3 is 3.19 bits per heavy atom. The summed E-state index contributed by atoms with van der Waals surface area (Å²) < 4.78 is 5.15. The number of hydrogen-bond donors (Lipinski definition) is 1. The number of carbonyl (C=O) groups excluding carboxylic acids is 1. The van der Waals surface area contributed by atoms with Crippen LogP contribution in [-0.2, 0) is 6.54 Å². The van der Waals surface area contributed by atoms with Gasteiger partial charge in [-0.05, 0) is 25.5 Å². The molecule has 21 heavy (non-hydrogen) atoms. The van der Waals surface area contributed by atoms with E-state index in [1.54, 1.807) is 11.3 Å². The van der Waals surface area contributed by atoms with E-state index >= 15 is 0 Å². The Balaban J connectivity index is 1.75. The summed E-state index contributed by atoms with van der Waals surface area (Å²) in [5.74, 6) is -0.343. The maximum Gasteiger partial charge on any atom is 0.290 e. The molecule has 0 aliphatic carbocycles. The summed E-state index contributed by atoms with van der Waals surface area (Å²) in [6.45, 7) is 1.64. The van der Waals surface area contributed by atoms with Crippen LogP contribution in [0.1, 0.15) is 45.8 Å². The van der Waals surface area contributed by atoms with Gasteiger partial charge in [-0.3, -0.25) is 9.69 Å². The largest absolute Gasteiger partial charge is 0.363 e. The smallest absolute Gasteiger partial charge is 0.290 e. The normalized spacial score (nSPS) is 18.7. The molecule has 2 aromatic rings. The van der Waals surface area contributed by atoms with Crippen LogP contribution in [0.5, 0.6) is 0 Å². The van der Waals surface area contributed by atoms with Gasteiger partial charge >= 0.3 is 0 Å². The van der Waals surface area contributed by atoms with Crippen LogP contribution in [-0.4, -0.2) is 27.5 Å². The molecule has 1 aliphatic rings. The molecule has 0 spiro atoms. The number of rotatable bonds is 4. The Kier molecular flexibility index (Phi) is 3.68. The molecule has 0 radical (unpaired) electrons. The summed E-state index contributed by atoms with van der Waals surface area (Å²) in [7, 11) is 0. The van der Waals surface area contributed by atoms with Gasteiger partial charge in [0.25, 0.3) is 11.7 Å². The summed E-state index contributed by atoms with van der Waals surface area (Å²) >= 11 is 1.56. The van der Waals surface area contributed by atoms with Crippen molar-refractivity contribution in [1.29, 1.82) is 5.26 Å². The zero-order chi connectivity index (χ0) is 14.8. The number of thiophene rings is 1. The van der Waals surface area contributed by atoms with Gasteiger partial charge in [0, 0.05) is 16.8 Å². The number of likely N-dealkylation sites (tertiary alicyclic amines) is 1. The van der Waals surface area contributed by atoms with E-state index in [1.165, 1.54) is 0 Å². The van der Waals surface area contributed by atoms with Crippen LogP contribution in [0.25, 0.3) is 0 Å². The van der Waals surface area contributed by atoms with Gasteiger partial charge in [0.15, 0.2) is 0 Å². The molecule has 3 heterocycles. The zero-order valence-electron chi connectivity index (χ0n) is 11.2. The molecule has 1 saturated heterocycles. The molecule has 1 aliphatic heterocycles. The van der Waals surface area contributed by atoms with E-state index in [1.807, 2.05) is 11.4 Å². The van der Waals surface area contributed by atoms with Crippen LogP contribution in [0.2, 0.25) is 0 Å². The highest BCUT2D eigenvalue weighted by Crippen LogP contribution is 2.33. The highest BCUT2D eigenvalue weighted by Gasteiger charge is 2.31. The molecule has 3 rings (SSSR count). The van der Waals surface area contributed by atoms with Crippen LogP contribution >= 0.6 is 11.3 Å². The lowest BCUT2D eigenvalue weighted by atomic mass is 10.2. The number of nitriles is 1. The topological polar surface area (TPSA) is 109 Å². The molecule has 8 heteroatoms. The summed E-state index contributed by atoms with van der Waals surface area (Å²) in [5.41, 5.74) is 5.82. The van der Waals surface area contributed by atoms with Crippen molar-refractivity contribution in [1.82, 2.24) is 15.0 Å². The van der Waals surface area contributed by atoms with E-state index in [9.17, 15) is 4.79 Å². The van der Waals surface area contributed by atoms with Gasteiger partial charge in [-0.25, -0.2) is 0 Å². The molecule has 7 nitrogen and oxygen atoms in total. The van der Waals surface area contributed by atoms with Gasteiger partial charge in [-0.1, -0.05) is 5.16 Å². The summed E-state index contributed by atoms with van der Waals surface area (Å²) in [6.07, 6.45) is 1.92. The molecule has 1 unspecified atom stereocenters. The molecule has 2 N–H and O–H groups in total. The first-order chi connectivity index (χ1) is 10.2. The maximum absolute atomic E-state index is 11.0. The number of hydrogen-bond acceptors (Lipinski definition) is 7. The number of primary amides is 1. The summed E-state index contributed by atoms with van der Waals surface area (Å²) in [4.78, 5) is 18.4. The molecule has 0 saturated carbocycles. The van der Waals surface area contributed by atoms with E-state index < -0.39 is 5.91 Å². The van der Waals surface area contributed by atoms with Crippen molar-refractivity contribution >= 4 is 17.2 Å². The standard InChI is InChI=1S/C13H13N5O2S/c14-5-8-4-9(21-7-8)6-18-3-1-2-10(18)13-16-12(11(15)19)17-20-13/h4,7,10H,1-3,6H2,(H2,15,19). The van der Waals surface area contributed by atoms with Gasteiger partial charge in [-0.15, -0.1) is 11.3 Å². The number of amides is 1. The van der Waals surface area contributed by atoms with Gasteiger partial charge in [0.05, 0.1) is 11.6 Å². The summed E-state index contributed by atoms with van der Waals surface area (Å²) in [6, 6.07) is 4.02. The predicted octanol–water partition coefficient (Wildman–Crippen LogP) is 1.44. The Morgan fingerprint density at radius 2 is 2.52 bits per heavy atom. The van der Waals surface area contributed by atoms with Crippen molar-refractivity contribution < 1.29 is 9.32 Å². The fourth-order valence-corrected chi connectivity index (χ4v) is 3.32. The van der Waals surface area contributed by atoms with Crippen LogP contribution in [0, 0.1) is 11.3 Å². The molecular weight excluding hydrogens is 290 g/mol. The van der Waals surface area contributed by atoms with Gasteiger partial charge < -0.3 is 10.3 Å². The van der Waals surface area contributed by atoms with Gasteiger partial charge in [-0.2, -0.15) is 10.2 Å². The third kappa shape index (κ3) is 2.79. The molecule has 0 aromatic carbocycles. The van der Waals surface area contributed by atoms with E-state index in [2.05, 4.69) is 21.1 Å². The fraction of sp³-hybridized carbons (Fsp3) is 0.385. The third-order valence-corrected chi connectivity index (χ3v) is 4.37. The van der Waals surface area contributed by atoms with E-state index in [0.717, 1.165) is 30.8 Å². The maximum atomic E-state index is 11.0. The Labute approximate surface area is 125 Å². The number of nitrogens with two attached hydrogens (primary N) is 1. The second-order valence-electron chi connectivity index (χ2n) is 4.86. The van der Waals surface area contributed by atoms with Crippen molar-refractivity contribution in [2.75, 3.05) is 6.54 Å². The van der Waals surface area contributed by atoms with Crippen LogP contribution in [0.4, 0.5) is 0 Å². The second kappa shape index (κ2) is 5.63. The van der Waals surface area contributed by atoms with Crippen molar-refractivity contribution in [3.8, 4) is 6.07 Å². The van der Waals surface area contributed by atoms with Crippen molar-refractivity contribution in [3.63, 3.8) is 0 Å². The van der Waals surface area contributed by atoms with E-state index in [4.69, 9.17) is 15.5 Å². The first kappa shape index (κ1) is 13.7. The third-order valence-electron chi connectivity index (χ3n) is 3.45. The van der Waals surface area contributed by atoms with Crippen molar-refractivity contribution in [2.45, 2.75) is 25.4 Å². The molecule has 1 atom stereocenters. The average Bonchev–Trinajstić information content (AvgIpc) is 3.18. The van der Waals surface area contributed by atoms with Crippen LogP contribution in [0.3, 0.4) is 0 Å². The number of aromatic nitrogens is 2. The lowest BCUT2D eigenvalue weighted by Gasteiger charge is -2.20. The minimum absolute atomic E-state index is 0.00163. The number of carbonyl (C=O) groups is 1. The van der Waals surface area contributed by atoms with Crippen LogP contribution in [0.15, 0.2) is 16.0 Å². The monoisotopic (exact) mass is 303 g/mol. The average molecular weight is 303 g/mol.